The van der Waals surface area contributed by atoms with Crippen LogP contribution in [0, 0.1) is 5.92 Å². The van der Waals surface area contributed by atoms with Gasteiger partial charge >= 0.3 is 5.97 Å². The molecular weight excluding hydrogens is 270 g/mol. The molecule has 0 spiro atoms. The van der Waals surface area contributed by atoms with Gasteiger partial charge < -0.3 is 10.0 Å². The number of piperidine rings is 1. The summed E-state index contributed by atoms with van der Waals surface area (Å²) in [6, 6.07) is -0.713. The number of carbonyl (C=O) groups excluding carboxylic acids is 1. The molecule has 1 aromatic rings. The summed E-state index contributed by atoms with van der Waals surface area (Å²) in [6.07, 6.45) is 8.91. The molecule has 0 saturated carbocycles. The van der Waals surface area contributed by atoms with Gasteiger partial charge in [0.15, 0.2) is 0 Å². The number of aromatic nitrogens is 2. The molecule has 0 bridgehead atoms. The number of amides is 1. The largest absolute Gasteiger partial charge is 0.480 e. The maximum Gasteiger partial charge on any atom is 0.326 e. The SMILES string of the molecule is CCC1CCN(C(=O)/C=C/c2cnn(C)c2)C(C(=O)O)C1. The molecule has 6 nitrogen and oxygen atoms in total. The molecule has 1 N–H and O–H groups in total. The van der Waals surface area contributed by atoms with Crippen LogP contribution in [0.1, 0.15) is 31.7 Å². The van der Waals surface area contributed by atoms with Crippen molar-refractivity contribution in [3.8, 4) is 0 Å². The molecule has 0 aliphatic carbocycles. The highest BCUT2D eigenvalue weighted by Gasteiger charge is 2.34. The van der Waals surface area contributed by atoms with E-state index < -0.39 is 12.0 Å². The fourth-order valence-electron chi connectivity index (χ4n) is 2.70. The fourth-order valence-corrected chi connectivity index (χ4v) is 2.70. The number of rotatable bonds is 4. The van der Waals surface area contributed by atoms with Gasteiger partial charge in [0.1, 0.15) is 6.04 Å². The minimum Gasteiger partial charge on any atom is -0.480 e. The van der Waals surface area contributed by atoms with E-state index in [2.05, 4.69) is 12.0 Å². The van der Waals surface area contributed by atoms with Crippen LogP contribution in [-0.4, -0.2) is 44.3 Å². The molecule has 0 radical (unpaired) electrons. The van der Waals surface area contributed by atoms with Gasteiger partial charge in [0.05, 0.1) is 6.20 Å². The highest BCUT2D eigenvalue weighted by atomic mass is 16.4. The Balaban J connectivity index is 2.06. The lowest BCUT2D eigenvalue weighted by Gasteiger charge is -2.36. The Bertz CT molecular complexity index is 550. The molecule has 114 valence electrons. The monoisotopic (exact) mass is 291 g/mol. The molecule has 1 amide bonds. The van der Waals surface area contributed by atoms with Crippen molar-refractivity contribution in [2.24, 2.45) is 13.0 Å². The van der Waals surface area contributed by atoms with Gasteiger partial charge in [-0.25, -0.2) is 4.79 Å². The molecule has 2 rings (SSSR count). The van der Waals surface area contributed by atoms with E-state index in [1.807, 2.05) is 0 Å². The number of nitrogens with zero attached hydrogens (tertiary/aromatic N) is 3. The van der Waals surface area contributed by atoms with Crippen molar-refractivity contribution in [1.82, 2.24) is 14.7 Å². The summed E-state index contributed by atoms with van der Waals surface area (Å²) in [7, 11) is 1.80. The summed E-state index contributed by atoms with van der Waals surface area (Å²) in [4.78, 5) is 25.1. The Kier molecular flexibility index (Phi) is 4.77. The lowest BCUT2D eigenvalue weighted by Crippen LogP contribution is -2.49. The number of carboxylic acid groups (broad SMARTS) is 1. The lowest BCUT2D eigenvalue weighted by molar-refractivity contribution is -0.151. The third-order valence-electron chi connectivity index (χ3n) is 4.00. The third kappa shape index (κ3) is 3.71. The summed E-state index contributed by atoms with van der Waals surface area (Å²) < 4.78 is 1.65. The number of aryl methyl sites for hydroxylation is 1. The normalized spacial score (nSPS) is 22.7. The van der Waals surface area contributed by atoms with E-state index in [0.29, 0.717) is 18.9 Å². The highest BCUT2D eigenvalue weighted by molar-refractivity contribution is 5.94. The zero-order valence-corrected chi connectivity index (χ0v) is 12.4. The molecule has 2 heterocycles. The van der Waals surface area contributed by atoms with E-state index >= 15 is 0 Å². The molecule has 2 atom stereocenters. The van der Waals surface area contributed by atoms with Crippen molar-refractivity contribution in [2.75, 3.05) is 6.54 Å². The van der Waals surface area contributed by atoms with Gasteiger partial charge in [-0.15, -0.1) is 0 Å². The second-order valence-corrected chi connectivity index (χ2v) is 5.46. The Hall–Kier alpha value is -2.11. The average molecular weight is 291 g/mol. The van der Waals surface area contributed by atoms with Gasteiger partial charge in [0.2, 0.25) is 5.91 Å². The number of carbonyl (C=O) groups is 2. The topological polar surface area (TPSA) is 75.4 Å². The van der Waals surface area contributed by atoms with Crippen LogP contribution in [-0.2, 0) is 16.6 Å². The number of hydrogen-bond acceptors (Lipinski definition) is 3. The summed E-state index contributed by atoms with van der Waals surface area (Å²) in [5, 5.41) is 13.3. The van der Waals surface area contributed by atoms with Gasteiger partial charge in [0, 0.05) is 31.4 Å². The molecule has 21 heavy (non-hydrogen) atoms. The lowest BCUT2D eigenvalue weighted by atomic mass is 9.89. The summed E-state index contributed by atoms with van der Waals surface area (Å²) >= 11 is 0. The maximum absolute atomic E-state index is 12.2. The molecule has 2 unspecified atom stereocenters. The first kappa shape index (κ1) is 15.3. The Morgan fingerprint density at radius 2 is 2.29 bits per heavy atom. The summed E-state index contributed by atoms with van der Waals surface area (Å²) in [5.41, 5.74) is 0.821. The van der Waals surface area contributed by atoms with E-state index in [4.69, 9.17) is 0 Å². The minimum atomic E-state index is -0.920. The third-order valence-corrected chi connectivity index (χ3v) is 4.00. The van der Waals surface area contributed by atoms with E-state index in [-0.39, 0.29) is 5.91 Å². The van der Waals surface area contributed by atoms with E-state index in [1.165, 1.54) is 11.0 Å². The van der Waals surface area contributed by atoms with E-state index in [0.717, 1.165) is 18.4 Å². The second kappa shape index (κ2) is 6.56. The van der Waals surface area contributed by atoms with Crippen molar-refractivity contribution in [2.45, 2.75) is 32.2 Å². The van der Waals surface area contributed by atoms with Crippen LogP contribution >= 0.6 is 0 Å². The predicted octanol–water partition coefficient (Wildman–Crippen LogP) is 1.54. The molecule has 1 fully saturated rings. The maximum atomic E-state index is 12.2. The van der Waals surface area contributed by atoms with E-state index in [9.17, 15) is 14.7 Å². The molecule has 6 heteroatoms. The molecule has 1 aliphatic rings. The first-order valence-electron chi connectivity index (χ1n) is 7.21. The van der Waals surface area contributed by atoms with Crippen molar-refractivity contribution >= 4 is 18.0 Å². The van der Waals surface area contributed by atoms with Crippen LogP contribution in [0.25, 0.3) is 6.08 Å². The summed E-state index contributed by atoms with van der Waals surface area (Å²) in [5.74, 6) is -0.783. The molecule has 1 saturated heterocycles. The fraction of sp³-hybridized carbons (Fsp3) is 0.533. The van der Waals surface area contributed by atoms with Gasteiger partial charge in [-0.3, -0.25) is 9.48 Å². The van der Waals surface area contributed by atoms with Gasteiger partial charge in [-0.1, -0.05) is 13.3 Å². The minimum absolute atomic E-state index is 0.249. The van der Waals surface area contributed by atoms with E-state index in [1.54, 1.807) is 30.2 Å². The first-order chi connectivity index (χ1) is 10.0. The zero-order valence-electron chi connectivity index (χ0n) is 12.4. The number of likely N-dealkylation sites (tertiary alicyclic amines) is 1. The Labute approximate surface area is 124 Å². The zero-order chi connectivity index (χ0) is 15.4. The second-order valence-electron chi connectivity index (χ2n) is 5.46. The van der Waals surface area contributed by atoms with Crippen molar-refractivity contribution in [3.05, 3.63) is 24.0 Å². The van der Waals surface area contributed by atoms with Crippen LogP contribution in [0.3, 0.4) is 0 Å². The van der Waals surface area contributed by atoms with Crippen LogP contribution in [0.4, 0.5) is 0 Å². The number of carboxylic acids is 1. The number of hydrogen-bond donors (Lipinski definition) is 1. The van der Waals surface area contributed by atoms with Gasteiger partial charge in [0.25, 0.3) is 0 Å². The molecule has 1 aromatic heterocycles. The quantitative estimate of drug-likeness (QED) is 0.854. The Morgan fingerprint density at radius 1 is 1.52 bits per heavy atom. The van der Waals surface area contributed by atoms with Gasteiger partial charge in [-0.2, -0.15) is 5.10 Å². The number of aliphatic carboxylic acids is 1. The predicted molar refractivity (Wildman–Crippen MR) is 78.4 cm³/mol. The summed E-state index contributed by atoms with van der Waals surface area (Å²) in [6.45, 7) is 2.56. The first-order valence-corrected chi connectivity index (χ1v) is 7.21. The average Bonchev–Trinajstić information content (AvgIpc) is 2.89. The van der Waals surface area contributed by atoms with Crippen LogP contribution in [0.2, 0.25) is 0 Å². The van der Waals surface area contributed by atoms with Crippen LogP contribution in [0.5, 0.6) is 0 Å². The van der Waals surface area contributed by atoms with Crippen molar-refractivity contribution in [3.63, 3.8) is 0 Å². The highest BCUT2D eigenvalue weighted by Crippen LogP contribution is 2.25. The Morgan fingerprint density at radius 3 is 2.86 bits per heavy atom. The molecular formula is C15H21N3O3. The van der Waals surface area contributed by atoms with Crippen LogP contribution < -0.4 is 0 Å². The standard InChI is InChI=1S/C15H21N3O3/c1-3-11-6-7-18(13(8-11)15(20)21)14(19)5-4-12-9-16-17(2)10-12/h4-5,9-11,13H,3,6-8H2,1-2H3,(H,20,21)/b5-4+. The van der Waals surface area contributed by atoms with Crippen molar-refractivity contribution in [1.29, 1.82) is 0 Å². The van der Waals surface area contributed by atoms with Crippen molar-refractivity contribution < 1.29 is 14.7 Å². The van der Waals surface area contributed by atoms with Crippen LogP contribution in [0.15, 0.2) is 18.5 Å². The van der Waals surface area contributed by atoms with Gasteiger partial charge in [-0.05, 0) is 24.8 Å². The smallest absolute Gasteiger partial charge is 0.326 e. The molecule has 1 aliphatic heterocycles. The molecule has 0 aromatic carbocycles.